The summed E-state index contributed by atoms with van der Waals surface area (Å²) in [6.07, 6.45) is 1.72. The Bertz CT molecular complexity index is 668. The Kier molecular flexibility index (Phi) is 4.13. The standard InChI is InChI=1S/C12H14N2O4S2/c1-8-7-10(19-11(8)12(15)16)20(17,18)14(6-2-5-13)9-3-4-9/h7,9H,2-4,6H2,1H3,(H,15,16). The van der Waals surface area contributed by atoms with Crippen molar-refractivity contribution in [2.45, 2.75) is 36.4 Å². The van der Waals surface area contributed by atoms with Gasteiger partial charge in [0.2, 0.25) is 0 Å². The zero-order valence-electron chi connectivity index (χ0n) is 10.9. The summed E-state index contributed by atoms with van der Waals surface area (Å²) in [5, 5.41) is 17.6. The SMILES string of the molecule is Cc1cc(S(=O)(=O)N(CCC#N)C2CC2)sc1C(=O)O. The largest absolute Gasteiger partial charge is 0.477 e. The van der Waals surface area contributed by atoms with Crippen LogP contribution in [-0.4, -0.2) is 36.4 Å². The highest BCUT2D eigenvalue weighted by molar-refractivity contribution is 7.91. The molecule has 0 bridgehead atoms. The van der Waals surface area contributed by atoms with E-state index in [2.05, 4.69) is 0 Å². The van der Waals surface area contributed by atoms with Crippen LogP contribution in [0, 0.1) is 18.3 Å². The van der Waals surface area contributed by atoms with Crippen molar-refractivity contribution in [2.75, 3.05) is 6.54 Å². The minimum atomic E-state index is -3.71. The molecule has 0 unspecified atom stereocenters. The predicted octanol–water partition coefficient (Wildman–Crippen LogP) is 1.82. The summed E-state index contributed by atoms with van der Waals surface area (Å²) in [5.74, 6) is -1.12. The van der Waals surface area contributed by atoms with E-state index in [1.165, 1.54) is 10.4 Å². The summed E-state index contributed by atoms with van der Waals surface area (Å²) in [4.78, 5) is 11.1. The van der Waals surface area contributed by atoms with E-state index in [0.29, 0.717) is 5.56 Å². The molecule has 0 atom stereocenters. The van der Waals surface area contributed by atoms with Crippen LogP contribution >= 0.6 is 11.3 Å². The maximum atomic E-state index is 12.5. The molecule has 1 aliphatic rings. The van der Waals surface area contributed by atoms with Gasteiger partial charge in [0, 0.05) is 19.0 Å². The summed E-state index contributed by atoms with van der Waals surface area (Å²) in [6.45, 7) is 1.73. The number of nitrogens with zero attached hydrogens (tertiary/aromatic N) is 2. The Balaban J connectivity index is 2.35. The molecule has 0 saturated heterocycles. The number of carboxylic acid groups (broad SMARTS) is 1. The highest BCUT2D eigenvalue weighted by atomic mass is 32.2. The summed E-state index contributed by atoms with van der Waals surface area (Å²) < 4.78 is 26.4. The fraction of sp³-hybridized carbons (Fsp3) is 0.500. The van der Waals surface area contributed by atoms with E-state index < -0.39 is 16.0 Å². The Morgan fingerprint density at radius 1 is 1.60 bits per heavy atom. The minimum Gasteiger partial charge on any atom is -0.477 e. The molecule has 108 valence electrons. The van der Waals surface area contributed by atoms with Crippen molar-refractivity contribution < 1.29 is 18.3 Å². The average molecular weight is 314 g/mol. The first-order chi connectivity index (χ1) is 9.37. The van der Waals surface area contributed by atoms with Gasteiger partial charge in [-0.1, -0.05) is 0 Å². The molecule has 0 aliphatic heterocycles. The lowest BCUT2D eigenvalue weighted by atomic mass is 10.3. The molecule has 8 heteroatoms. The lowest BCUT2D eigenvalue weighted by Crippen LogP contribution is -2.33. The Morgan fingerprint density at radius 2 is 2.25 bits per heavy atom. The van der Waals surface area contributed by atoms with Crippen LogP contribution in [0.5, 0.6) is 0 Å². The first-order valence-electron chi connectivity index (χ1n) is 6.10. The van der Waals surface area contributed by atoms with Gasteiger partial charge in [-0.25, -0.2) is 13.2 Å². The lowest BCUT2D eigenvalue weighted by Gasteiger charge is -2.19. The molecule has 1 aromatic rings. The average Bonchev–Trinajstić information content (AvgIpc) is 3.10. The van der Waals surface area contributed by atoms with Gasteiger partial charge in [-0.05, 0) is 31.4 Å². The van der Waals surface area contributed by atoms with Crippen LogP contribution in [0.4, 0.5) is 0 Å². The van der Waals surface area contributed by atoms with Crippen LogP contribution < -0.4 is 0 Å². The molecule has 1 saturated carbocycles. The molecular formula is C12H14N2O4S2. The molecule has 2 rings (SSSR count). The topological polar surface area (TPSA) is 98.5 Å². The minimum absolute atomic E-state index is 0.0391. The molecule has 1 N–H and O–H groups in total. The summed E-state index contributed by atoms with van der Waals surface area (Å²) in [5.41, 5.74) is 0.442. The molecule has 0 radical (unpaired) electrons. The van der Waals surface area contributed by atoms with Crippen molar-refractivity contribution in [3.63, 3.8) is 0 Å². The number of aromatic carboxylic acids is 1. The second kappa shape index (κ2) is 5.52. The molecule has 1 aromatic heterocycles. The van der Waals surface area contributed by atoms with Crippen molar-refractivity contribution in [3.05, 3.63) is 16.5 Å². The number of nitriles is 1. The normalized spacial score (nSPS) is 15.2. The fourth-order valence-electron chi connectivity index (χ4n) is 1.93. The van der Waals surface area contributed by atoms with Crippen molar-refractivity contribution in [2.24, 2.45) is 0 Å². The van der Waals surface area contributed by atoms with Gasteiger partial charge >= 0.3 is 5.97 Å². The van der Waals surface area contributed by atoms with E-state index in [0.717, 1.165) is 24.2 Å². The third-order valence-corrected chi connectivity index (χ3v) is 6.68. The van der Waals surface area contributed by atoms with Crippen molar-refractivity contribution in [1.29, 1.82) is 5.26 Å². The highest BCUT2D eigenvalue weighted by Gasteiger charge is 2.38. The maximum Gasteiger partial charge on any atom is 0.346 e. The van der Waals surface area contributed by atoms with Gasteiger partial charge in [0.05, 0.1) is 6.07 Å². The van der Waals surface area contributed by atoms with E-state index in [-0.39, 0.29) is 28.1 Å². The van der Waals surface area contributed by atoms with Gasteiger partial charge in [-0.3, -0.25) is 0 Å². The molecule has 0 amide bonds. The monoisotopic (exact) mass is 314 g/mol. The Morgan fingerprint density at radius 3 is 2.70 bits per heavy atom. The number of carboxylic acids is 1. The van der Waals surface area contributed by atoms with Crippen LogP contribution in [0.3, 0.4) is 0 Å². The Hall–Kier alpha value is -1.43. The number of hydrogen-bond donors (Lipinski definition) is 1. The van der Waals surface area contributed by atoms with Gasteiger partial charge in [-0.15, -0.1) is 11.3 Å². The molecule has 0 aromatic carbocycles. The second-order valence-electron chi connectivity index (χ2n) is 4.64. The van der Waals surface area contributed by atoms with Crippen molar-refractivity contribution >= 4 is 27.3 Å². The van der Waals surface area contributed by atoms with Gasteiger partial charge in [-0.2, -0.15) is 9.57 Å². The fourth-order valence-corrected chi connectivity index (χ4v) is 5.12. The van der Waals surface area contributed by atoms with Gasteiger partial charge in [0.15, 0.2) is 0 Å². The van der Waals surface area contributed by atoms with Crippen molar-refractivity contribution in [3.8, 4) is 6.07 Å². The highest BCUT2D eigenvalue weighted by Crippen LogP contribution is 2.35. The third-order valence-electron chi connectivity index (χ3n) is 3.05. The van der Waals surface area contributed by atoms with Crippen molar-refractivity contribution in [1.82, 2.24) is 4.31 Å². The second-order valence-corrected chi connectivity index (χ2v) is 7.81. The van der Waals surface area contributed by atoms with E-state index in [1.54, 1.807) is 6.92 Å². The summed E-state index contributed by atoms with van der Waals surface area (Å²) >= 11 is 0.769. The van der Waals surface area contributed by atoms with Crippen LogP contribution in [0.2, 0.25) is 0 Å². The number of sulfonamides is 1. The number of thiophene rings is 1. The summed E-state index contributed by atoms with van der Waals surface area (Å²) in [6, 6.07) is 3.28. The molecule has 1 fully saturated rings. The molecule has 0 spiro atoms. The molecule has 1 heterocycles. The summed E-state index contributed by atoms with van der Waals surface area (Å²) in [7, 11) is -3.71. The first-order valence-corrected chi connectivity index (χ1v) is 8.36. The van der Waals surface area contributed by atoms with Crippen LogP contribution in [0.1, 0.15) is 34.5 Å². The van der Waals surface area contributed by atoms with Crippen LogP contribution in [0.25, 0.3) is 0 Å². The number of hydrogen-bond acceptors (Lipinski definition) is 5. The van der Waals surface area contributed by atoms with E-state index >= 15 is 0 Å². The number of carbonyl (C=O) groups is 1. The lowest BCUT2D eigenvalue weighted by molar-refractivity contribution is 0.0701. The number of aryl methyl sites for hydroxylation is 1. The quantitative estimate of drug-likeness (QED) is 0.863. The first kappa shape index (κ1) is 15.0. The van der Waals surface area contributed by atoms with E-state index in [4.69, 9.17) is 10.4 Å². The molecule has 6 nitrogen and oxygen atoms in total. The predicted molar refractivity (Wildman–Crippen MR) is 73.2 cm³/mol. The van der Waals surface area contributed by atoms with Crippen LogP contribution in [0.15, 0.2) is 10.3 Å². The number of rotatable bonds is 6. The van der Waals surface area contributed by atoms with E-state index in [1.807, 2.05) is 6.07 Å². The maximum absolute atomic E-state index is 12.5. The molecular weight excluding hydrogens is 300 g/mol. The molecule has 1 aliphatic carbocycles. The zero-order chi connectivity index (χ0) is 14.9. The molecule has 20 heavy (non-hydrogen) atoms. The zero-order valence-corrected chi connectivity index (χ0v) is 12.5. The van der Waals surface area contributed by atoms with Gasteiger partial charge in [0.25, 0.3) is 10.0 Å². The van der Waals surface area contributed by atoms with Crippen LogP contribution in [-0.2, 0) is 10.0 Å². The van der Waals surface area contributed by atoms with Gasteiger partial charge in [0.1, 0.15) is 9.09 Å². The Labute approximate surface area is 121 Å². The smallest absolute Gasteiger partial charge is 0.346 e. The van der Waals surface area contributed by atoms with E-state index in [9.17, 15) is 13.2 Å². The third kappa shape index (κ3) is 2.85. The van der Waals surface area contributed by atoms with Gasteiger partial charge < -0.3 is 5.11 Å².